The summed E-state index contributed by atoms with van der Waals surface area (Å²) < 4.78 is 12.0. The van der Waals surface area contributed by atoms with E-state index in [2.05, 4.69) is 40.2 Å². The second kappa shape index (κ2) is 7.84. The number of benzene rings is 2. The third-order valence-corrected chi connectivity index (χ3v) is 4.97. The van der Waals surface area contributed by atoms with Crippen LogP contribution in [0.4, 0.5) is 0 Å². The quantitative estimate of drug-likeness (QED) is 0.652. The zero-order valence-electron chi connectivity index (χ0n) is 13.8. The normalized spacial score (nSPS) is 15.8. The highest BCUT2D eigenvalue weighted by atomic mass is 79.9. The summed E-state index contributed by atoms with van der Waals surface area (Å²) in [6.07, 6.45) is 2.43. The molecule has 3 nitrogen and oxygen atoms in total. The molecule has 0 bridgehead atoms. The summed E-state index contributed by atoms with van der Waals surface area (Å²) in [6, 6.07) is 14.3. The van der Waals surface area contributed by atoms with Crippen LogP contribution in [0.15, 0.2) is 46.9 Å². The number of aryl methyl sites for hydroxylation is 1. The zero-order valence-corrected chi connectivity index (χ0v) is 15.3. The van der Waals surface area contributed by atoms with Crippen LogP contribution in [0, 0.1) is 0 Å². The Balaban J connectivity index is 1.70. The van der Waals surface area contributed by atoms with Crippen molar-refractivity contribution in [3.63, 3.8) is 0 Å². The van der Waals surface area contributed by atoms with Gasteiger partial charge in [-0.05, 0) is 70.4 Å². The number of ether oxygens (including phenoxy) is 2. The van der Waals surface area contributed by atoms with Gasteiger partial charge in [0.2, 0.25) is 0 Å². The molecule has 0 amide bonds. The van der Waals surface area contributed by atoms with Gasteiger partial charge in [0.25, 0.3) is 0 Å². The largest absolute Gasteiger partial charge is 0.488 e. The number of halogens is 1. The maximum atomic E-state index is 11.8. The van der Waals surface area contributed by atoms with Gasteiger partial charge in [0.15, 0.2) is 0 Å². The standard InChI is InChI=1S/C20H21BrO3/c1-2-23-20(22)11-16-9-8-15-10-19(18(21)12-17(15)16)24-13-14-6-4-3-5-7-14/h3-7,10,12,16H,2,8-9,11,13H2,1H3. The van der Waals surface area contributed by atoms with Crippen molar-refractivity contribution in [1.82, 2.24) is 0 Å². The van der Waals surface area contributed by atoms with Gasteiger partial charge in [-0.25, -0.2) is 0 Å². The minimum absolute atomic E-state index is 0.115. The molecule has 1 aliphatic rings. The molecule has 1 unspecified atom stereocenters. The van der Waals surface area contributed by atoms with Gasteiger partial charge in [0.05, 0.1) is 17.5 Å². The van der Waals surface area contributed by atoms with Crippen molar-refractivity contribution in [1.29, 1.82) is 0 Å². The van der Waals surface area contributed by atoms with E-state index >= 15 is 0 Å². The summed E-state index contributed by atoms with van der Waals surface area (Å²) in [5.41, 5.74) is 3.66. The van der Waals surface area contributed by atoms with E-state index < -0.39 is 0 Å². The molecule has 1 aliphatic carbocycles. The molecule has 2 aromatic carbocycles. The van der Waals surface area contributed by atoms with Crippen LogP contribution in [-0.4, -0.2) is 12.6 Å². The summed E-state index contributed by atoms with van der Waals surface area (Å²) in [4.78, 5) is 11.8. The smallest absolute Gasteiger partial charge is 0.306 e. The van der Waals surface area contributed by atoms with E-state index in [1.54, 1.807) is 0 Å². The molecule has 2 aromatic rings. The van der Waals surface area contributed by atoms with Crippen LogP contribution in [0.5, 0.6) is 5.75 Å². The number of esters is 1. The number of carbonyl (C=O) groups excluding carboxylic acids is 1. The van der Waals surface area contributed by atoms with Gasteiger partial charge in [0.1, 0.15) is 12.4 Å². The predicted octanol–water partition coefficient (Wildman–Crippen LogP) is 5.01. The Morgan fingerprint density at radius 1 is 1.25 bits per heavy atom. The van der Waals surface area contributed by atoms with Crippen LogP contribution < -0.4 is 4.74 Å². The summed E-state index contributed by atoms with van der Waals surface area (Å²) >= 11 is 3.61. The maximum absolute atomic E-state index is 11.8. The first-order chi connectivity index (χ1) is 11.7. The lowest BCUT2D eigenvalue weighted by atomic mass is 9.98. The molecule has 24 heavy (non-hydrogen) atoms. The average Bonchev–Trinajstić information content (AvgIpc) is 2.95. The molecular formula is C20H21BrO3. The Morgan fingerprint density at radius 2 is 2.04 bits per heavy atom. The Labute approximate surface area is 151 Å². The Bertz CT molecular complexity index is 712. The van der Waals surface area contributed by atoms with E-state index in [1.807, 2.05) is 25.1 Å². The second-order valence-corrected chi connectivity index (χ2v) is 6.85. The molecular weight excluding hydrogens is 368 g/mol. The van der Waals surface area contributed by atoms with Crippen LogP contribution in [0.25, 0.3) is 0 Å². The third-order valence-electron chi connectivity index (χ3n) is 4.35. The van der Waals surface area contributed by atoms with E-state index in [0.717, 1.165) is 28.6 Å². The van der Waals surface area contributed by atoms with Crippen LogP contribution in [0.3, 0.4) is 0 Å². The molecule has 0 saturated carbocycles. The van der Waals surface area contributed by atoms with Gasteiger partial charge < -0.3 is 9.47 Å². The van der Waals surface area contributed by atoms with Crippen LogP contribution in [0.1, 0.15) is 42.4 Å². The molecule has 4 heteroatoms. The Hall–Kier alpha value is -1.81. The zero-order chi connectivity index (χ0) is 16.9. The first-order valence-corrected chi connectivity index (χ1v) is 9.11. The van der Waals surface area contributed by atoms with Gasteiger partial charge in [-0.15, -0.1) is 0 Å². The fourth-order valence-corrected chi connectivity index (χ4v) is 3.65. The molecule has 0 fully saturated rings. The first-order valence-electron chi connectivity index (χ1n) is 8.32. The topological polar surface area (TPSA) is 35.5 Å². The number of fused-ring (bicyclic) bond motifs is 1. The number of hydrogen-bond donors (Lipinski definition) is 0. The molecule has 126 valence electrons. The molecule has 0 aromatic heterocycles. The van der Waals surface area contributed by atoms with E-state index in [0.29, 0.717) is 19.6 Å². The van der Waals surface area contributed by atoms with Gasteiger partial charge in [-0.3, -0.25) is 4.79 Å². The average molecular weight is 389 g/mol. The second-order valence-electron chi connectivity index (χ2n) is 6.00. The summed E-state index contributed by atoms with van der Waals surface area (Å²) in [5, 5.41) is 0. The number of carbonyl (C=O) groups is 1. The van der Waals surface area contributed by atoms with Gasteiger partial charge in [0, 0.05) is 0 Å². The van der Waals surface area contributed by atoms with Gasteiger partial charge in [-0.1, -0.05) is 30.3 Å². The Kier molecular flexibility index (Phi) is 5.56. The predicted molar refractivity (Wildman–Crippen MR) is 97.2 cm³/mol. The van der Waals surface area contributed by atoms with Crippen molar-refractivity contribution in [3.05, 3.63) is 63.6 Å². The number of hydrogen-bond acceptors (Lipinski definition) is 3. The van der Waals surface area contributed by atoms with Crippen LogP contribution in [0.2, 0.25) is 0 Å². The highest BCUT2D eigenvalue weighted by Gasteiger charge is 2.26. The molecule has 3 rings (SSSR count). The highest BCUT2D eigenvalue weighted by Crippen LogP contribution is 2.41. The maximum Gasteiger partial charge on any atom is 0.306 e. The van der Waals surface area contributed by atoms with Crippen molar-refractivity contribution in [3.8, 4) is 5.75 Å². The van der Waals surface area contributed by atoms with Crippen LogP contribution >= 0.6 is 15.9 Å². The van der Waals surface area contributed by atoms with E-state index in [-0.39, 0.29) is 11.9 Å². The lowest BCUT2D eigenvalue weighted by molar-refractivity contribution is -0.143. The highest BCUT2D eigenvalue weighted by molar-refractivity contribution is 9.10. The lowest BCUT2D eigenvalue weighted by Crippen LogP contribution is -2.08. The van der Waals surface area contributed by atoms with Gasteiger partial charge >= 0.3 is 5.97 Å². The van der Waals surface area contributed by atoms with E-state index in [9.17, 15) is 4.79 Å². The molecule has 1 atom stereocenters. The van der Waals surface area contributed by atoms with Crippen LogP contribution in [-0.2, 0) is 22.6 Å². The van der Waals surface area contributed by atoms with Crippen molar-refractivity contribution >= 4 is 21.9 Å². The SMILES string of the molecule is CCOC(=O)CC1CCc2cc(OCc3ccccc3)c(Br)cc21. The minimum Gasteiger partial charge on any atom is -0.488 e. The van der Waals surface area contributed by atoms with Gasteiger partial charge in [-0.2, -0.15) is 0 Å². The van der Waals surface area contributed by atoms with Crippen molar-refractivity contribution < 1.29 is 14.3 Å². The van der Waals surface area contributed by atoms with Crippen molar-refractivity contribution in [2.45, 2.75) is 38.7 Å². The van der Waals surface area contributed by atoms with E-state index in [1.165, 1.54) is 11.1 Å². The third kappa shape index (κ3) is 3.99. The summed E-state index contributed by atoms with van der Waals surface area (Å²) in [6.45, 7) is 2.83. The molecule has 0 radical (unpaired) electrons. The fraction of sp³-hybridized carbons (Fsp3) is 0.350. The molecule has 0 N–H and O–H groups in total. The molecule has 0 aliphatic heterocycles. The fourth-order valence-electron chi connectivity index (χ4n) is 3.17. The molecule has 0 saturated heterocycles. The number of rotatable bonds is 6. The van der Waals surface area contributed by atoms with Crippen molar-refractivity contribution in [2.75, 3.05) is 6.61 Å². The van der Waals surface area contributed by atoms with E-state index in [4.69, 9.17) is 9.47 Å². The lowest BCUT2D eigenvalue weighted by Gasteiger charge is -2.14. The summed E-state index contributed by atoms with van der Waals surface area (Å²) in [7, 11) is 0. The first kappa shape index (κ1) is 17.0. The van der Waals surface area contributed by atoms with Crippen molar-refractivity contribution in [2.24, 2.45) is 0 Å². The Morgan fingerprint density at radius 3 is 2.79 bits per heavy atom. The molecule has 0 heterocycles. The monoisotopic (exact) mass is 388 g/mol. The minimum atomic E-state index is -0.115. The summed E-state index contributed by atoms with van der Waals surface area (Å²) in [5.74, 6) is 0.990. The molecule has 0 spiro atoms.